The zero-order chi connectivity index (χ0) is 32.8. The highest BCUT2D eigenvalue weighted by atomic mass is 16.6. The first kappa shape index (κ1) is 34.3. The van der Waals surface area contributed by atoms with Crippen LogP contribution in [0.15, 0.2) is 47.7 Å². The molecule has 2 unspecified atom stereocenters. The molecule has 0 radical (unpaired) electrons. The lowest BCUT2D eigenvalue weighted by Gasteiger charge is -2.42. The van der Waals surface area contributed by atoms with E-state index in [0.717, 1.165) is 41.5 Å². The van der Waals surface area contributed by atoms with Gasteiger partial charge in [0.25, 0.3) is 5.91 Å². The fraction of sp³-hybridized carbons (Fsp3) is 0.441. The van der Waals surface area contributed by atoms with E-state index in [1.807, 2.05) is 39.0 Å². The predicted molar refractivity (Wildman–Crippen MR) is 168 cm³/mol. The number of phenolic OH excluding ortho intramolecular Hbond substituents is 1. The van der Waals surface area contributed by atoms with Gasteiger partial charge in [-0.15, -0.1) is 0 Å². The summed E-state index contributed by atoms with van der Waals surface area (Å²) in [5, 5.41) is 31.3. The third-order valence-corrected chi connectivity index (χ3v) is 8.12. The van der Waals surface area contributed by atoms with Crippen molar-refractivity contribution >= 4 is 23.5 Å². The first-order valence-corrected chi connectivity index (χ1v) is 14.7. The molecule has 2 aliphatic rings. The Kier molecular flexibility index (Phi) is 11.4. The number of fused-ring (bicyclic) bond motifs is 1. The maximum Gasteiger partial charge on any atom is 0.402 e. The molecule has 1 aliphatic carbocycles. The lowest BCUT2D eigenvalue weighted by Crippen LogP contribution is -2.48. The molecule has 2 atom stereocenters. The minimum Gasteiger partial charge on any atom is -0.508 e. The van der Waals surface area contributed by atoms with Gasteiger partial charge in [0.1, 0.15) is 17.2 Å². The molecule has 10 nitrogen and oxygen atoms in total. The second-order valence-electron chi connectivity index (χ2n) is 12.0. The number of ketones is 1. The van der Waals surface area contributed by atoms with Crippen molar-refractivity contribution in [1.82, 2.24) is 5.32 Å². The van der Waals surface area contributed by atoms with E-state index >= 15 is 0 Å². The van der Waals surface area contributed by atoms with Crippen LogP contribution in [0.25, 0.3) is 5.76 Å². The van der Waals surface area contributed by atoms with Gasteiger partial charge in [0.15, 0.2) is 5.78 Å². The summed E-state index contributed by atoms with van der Waals surface area (Å²) < 4.78 is 12.0. The molecule has 0 saturated carbocycles. The number of carbonyl (C=O) groups is 3. The molecular formula is C34H44N2O8. The predicted octanol–water partition coefficient (Wildman–Crippen LogP) is 5.52. The summed E-state index contributed by atoms with van der Waals surface area (Å²) >= 11 is 0. The van der Waals surface area contributed by atoms with E-state index in [0.29, 0.717) is 29.5 Å². The van der Waals surface area contributed by atoms with E-state index in [9.17, 15) is 19.8 Å². The van der Waals surface area contributed by atoms with Crippen LogP contribution in [0.2, 0.25) is 0 Å². The van der Waals surface area contributed by atoms with Gasteiger partial charge in [0.2, 0.25) is 0 Å². The number of carboxylic acid groups (broad SMARTS) is 1. The molecule has 6 N–H and O–H groups in total. The Labute approximate surface area is 258 Å². The normalized spacial score (nSPS) is 19.2. The zero-order valence-corrected chi connectivity index (χ0v) is 26.3. The Morgan fingerprint density at radius 2 is 1.80 bits per heavy atom. The number of ether oxygens (including phenoxy) is 2. The first-order chi connectivity index (χ1) is 20.6. The number of rotatable bonds is 7. The third kappa shape index (κ3) is 8.48. The van der Waals surface area contributed by atoms with Crippen molar-refractivity contribution in [3.63, 3.8) is 0 Å². The third-order valence-electron chi connectivity index (χ3n) is 8.12. The SMILES string of the molecule is COC1CCC(Cc2ccc3c(c2C)CCC(=O)C(NC(=O)c2ccc(O)c(CC=C(C)C)c2)=C3O)OC1(C)C.NC(=O)O. The number of hydrogen-bond donors (Lipinski definition) is 5. The number of hydrogen-bond acceptors (Lipinski definition) is 7. The Morgan fingerprint density at radius 1 is 1.11 bits per heavy atom. The maximum atomic E-state index is 13.1. The molecule has 0 aromatic heterocycles. The van der Waals surface area contributed by atoms with Crippen LogP contribution in [-0.2, 0) is 33.5 Å². The molecule has 238 valence electrons. The van der Waals surface area contributed by atoms with Crippen LogP contribution in [0.4, 0.5) is 4.79 Å². The monoisotopic (exact) mass is 608 g/mol. The number of Topliss-reactive ketones (excluding diaryl/α,β-unsaturated/α-hetero) is 1. The Balaban J connectivity index is 0.00000124. The summed E-state index contributed by atoms with van der Waals surface area (Å²) in [6, 6.07) is 8.40. The van der Waals surface area contributed by atoms with E-state index < -0.39 is 12.0 Å². The number of nitrogens with one attached hydrogen (secondary N) is 1. The number of primary amides is 1. The standard InChI is InChI=1S/C33H41NO6.CH3NO2/c1-19(2)7-8-22-17-23(10-14-27(22)35)32(38)34-30-28(36)15-13-25-20(3)21(9-12-26(25)31(30)37)18-24-11-16-29(39-6)33(4,5)40-24;2-1(3)4/h7,9-10,12,14,17,24,29,35,37H,8,11,13,15-16,18H2,1-6H3,(H,34,38);2H2,(H,3,4). The largest absolute Gasteiger partial charge is 0.508 e. The molecule has 2 aromatic rings. The maximum absolute atomic E-state index is 13.1. The Morgan fingerprint density at radius 3 is 2.41 bits per heavy atom. The number of aromatic hydroxyl groups is 1. The molecule has 4 rings (SSSR count). The number of aliphatic hydroxyl groups is 1. The average molecular weight is 609 g/mol. The van der Waals surface area contributed by atoms with Gasteiger partial charge in [-0.2, -0.15) is 0 Å². The smallest absolute Gasteiger partial charge is 0.402 e. The van der Waals surface area contributed by atoms with E-state index in [2.05, 4.69) is 24.9 Å². The van der Waals surface area contributed by atoms with E-state index in [1.54, 1.807) is 13.2 Å². The van der Waals surface area contributed by atoms with Gasteiger partial charge >= 0.3 is 6.09 Å². The first-order valence-electron chi connectivity index (χ1n) is 14.7. The lowest BCUT2D eigenvalue weighted by atomic mass is 9.87. The molecule has 1 fully saturated rings. The van der Waals surface area contributed by atoms with Gasteiger partial charge in [-0.1, -0.05) is 23.8 Å². The number of carbonyl (C=O) groups excluding carboxylic acids is 2. The van der Waals surface area contributed by atoms with Gasteiger partial charge in [-0.25, -0.2) is 4.79 Å². The van der Waals surface area contributed by atoms with Crippen LogP contribution in [0.3, 0.4) is 0 Å². The summed E-state index contributed by atoms with van der Waals surface area (Å²) in [6.07, 6.45) is 4.41. The molecule has 0 bridgehead atoms. The molecule has 44 heavy (non-hydrogen) atoms. The van der Waals surface area contributed by atoms with Gasteiger partial charge in [-0.3, -0.25) is 9.59 Å². The minimum atomic E-state index is -1.33. The molecule has 1 saturated heterocycles. The average Bonchev–Trinajstić information content (AvgIpc) is 3.05. The number of amides is 2. The second kappa shape index (κ2) is 14.5. The number of allylic oxidation sites excluding steroid dienone is 3. The van der Waals surface area contributed by atoms with Gasteiger partial charge in [0.05, 0.1) is 17.8 Å². The summed E-state index contributed by atoms with van der Waals surface area (Å²) in [7, 11) is 1.72. The molecular weight excluding hydrogens is 564 g/mol. The van der Waals surface area contributed by atoms with Crippen LogP contribution < -0.4 is 11.1 Å². The van der Waals surface area contributed by atoms with E-state index in [4.69, 9.17) is 19.4 Å². The van der Waals surface area contributed by atoms with Crippen LogP contribution in [0.1, 0.15) is 85.1 Å². The van der Waals surface area contributed by atoms with E-state index in [1.165, 1.54) is 12.1 Å². The molecule has 0 spiro atoms. The number of nitrogens with two attached hydrogens (primary N) is 1. The van der Waals surface area contributed by atoms with E-state index in [-0.39, 0.29) is 47.2 Å². The summed E-state index contributed by atoms with van der Waals surface area (Å²) in [6.45, 7) is 10.1. The molecule has 1 heterocycles. The fourth-order valence-electron chi connectivity index (χ4n) is 5.76. The molecule has 10 heteroatoms. The number of methoxy groups -OCH3 is 1. The fourth-order valence-corrected chi connectivity index (χ4v) is 5.76. The number of aliphatic hydroxyl groups excluding tert-OH is 1. The molecule has 2 aromatic carbocycles. The Bertz CT molecular complexity index is 1470. The van der Waals surface area contributed by atoms with Crippen molar-refractivity contribution < 1.29 is 39.2 Å². The summed E-state index contributed by atoms with van der Waals surface area (Å²) in [5.41, 5.74) is 9.17. The minimum absolute atomic E-state index is 0.0523. The molecule has 1 aliphatic heterocycles. The Hall–Kier alpha value is -4.15. The second-order valence-corrected chi connectivity index (χ2v) is 12.0. The van der Waals surface area contributed by atoms with Crippen LogP contribution in [0.5, 0.6) is 5.75 Å². The van der Waals surface area contributed by atoms with Gasteiger partial charge in [0, 0.05) is 24.7 Å². The van der Waals surface area contributed by atoms with Crippen molar-refractivity contribution in [2.45, 2.75) is 91.0 Å². The van der Waals surface area contributed by atoms with Crippen molar-refractivity contribution in [3.05, 3.63) is 81.1 Å². The lowest BCUT2D eigenvalue weighted by molar-refractivity contribution is -0.179. The van der Waals surface area contributed by atoms with Crippen molar-refractivity contribution in [2.75, 3.05) is 7.11 Å². The summed E-state index contributed by atoms with van der Waals surface area (Å²) in [5.74, 6) is -0.962. The van der Waals surface area contributed by atoms with Crippen molar-refractivity contribution in [2.24, 2.45) is 5.73 Å². The highest BCUT2D eigenvalue weighted by Gasteiger charge is 2.38. The number of benzene rings is 2. The van der Waals surface area contributed by atoms with Crippen LogP contribution >= 0.6 is 0 Å². The van der Waals surface area contributed by atoms with Gasteiger partial charge < -0.3 is 35.8 Å². The van der Waals surface area contributed by atoms with Crippen LogP contribution in [-0.4, -0.2) is 58.0 Å². The topological polar surface area (TPSA) is 168 Å². The highest BCUT2D eigenvalue weighted by Crippen LogP contribution is 2.35. The summed E-state index contributed by atoms with van der Waals surface area (Å²) in [4.78, 5) is 35.0. The van der Waals surface area contributed by atoms with Crippen LogP contribution in [0, 0.1) is 6.92 Å². The molecule has 2 amide bonds. The highest BCUT2D eigenvalue weighted by molar-refractivity contribution is 6.08. The number of phenols is 1. The van der Waals surface area contributed by atoms with Crippen molar-refractivity contribution in [3.8, 4) is 5.75 Å². The zero-order valence-electron chi connectivity index (χ0n) is 26.3. The van der Waals surface area contributed by atoms with Gasteiger partial charge in [-0.05, 0) is 107 Å². The quantitative estimate of drug-likeness (QED) is 0.256. The van der Waals surface area contributed by atoms with Crippen molar-refractivity contribution in [1.29, 1.82) is 0 Å².